The minimum Gasteiger partial charge on any atom is -0.480 e. The molecule has 5 amide bonds. The number of piperidine rings is 2. The van der Waals surface area contributed by atoms with E-state index in [1.807, 2.05) is 55.1 Å². The monoisotopic (exact) mass is 1010 g/mol. The van der Waals surface area contributed by atoms with Crippen LogP contribution in [0.3, 0.4) is 0 Å². The molecule has 0 bridgehead atoms. The number of ether oxygens (including phenoxy) is 2. The zero-order valence-corrected chi connectivity index (χ0v) is 41.2. The summed E-state index contributed by atoms with van der Waals surface area (Å²) in [6, 6.07) is 17.1. The number of hydrogen-bond acceptors (Lipinski definition) is 10. The van der Waals surface area contributed by atoms with Crippen molar-refractivity contribution in [1.82, 2.24) is 35.2 Å². The predicted octanol–water partition coefficient (Wildman–Crippen LogP) is 7.87. The number of hydrogen-bond donors (Lipinski definition) is 3. The fraction of sp³-hybridized carbons (Fsp3) is 0.472. The second kappa shape index (κ2) is 20.3. The number of nitrogens with two attached hydrogens (primary N) is 1. The highest BCUT2D eigenvalue weighted by Gasteiger charge is 2.50. The van der Waals surface area contributed by atoms with Gasteiger partial charge in [0.15, 0.2) is 17.2 Å². The third-order valence-electron chi connectivity index (χ3n) is 15.9. The summed E-state index contributed by atoms with van der Waals surface area (Å²) in [5.74, 6) is -3.27. The van der Waals surface area contributed by atoms with Gasteiger partial charge in [0.05, 0.1) is 16.1 Å². The van der Waals surface area contributed by atoms with Crippen LogP contribution in [0.1, 0.15) is 104 Å². The quantitative estimate of drug-likeness (QED) is 0.105. The van der Waals surface area contributed by atoms with Gasteiger partial charge in [-0.15, -0.1) is 0 Å². The summed E-state index contributed by atoms with van der Waals surface area (Å²) in [4.78, 5) is 61.1. The Bertz CT molecular complexity index is 2900. The number of nitrogens with one attached hydrogen (secondary N) is 2. The molecule has 2 aromatic heterocycles. The van der Waals surface area contributed by atoms with Gasteiger partial charge in [-0.05, 0) is 93.6 Å². The van der Waals surface area contributed by atoms with Crippen LogP contribution in [0.25, 0.3) is 22.0 Å². The number of amides is 5. The number of carbonyl (C=O) groups is 4. The van der Waals surface area contributed by atoms with Crippen molar-refractivity contribution in [3.63, 3.8) is 0 Å². The van der Waals surface area contributed by atoms with E-state index in [1.165, 1.54) is 16.5 Å². The molecule has 5 aliphatic rings. The van der Waals surface area contributed by atoms with E-state index in [9.17, 15) is 23.6 Å². The number of pyridine rings is 1. The van der Waals surface area contributed by atoms with E-state index in [2.05, 4.69) is 42.6 Å². The van der Waals surface area contributed by atoms with Crippen LogP contribution in [-0.4, -0.2) is 113 Å². The van der Waals surface area contributed by atoms with Crippen LogP contribution in [0.4, 0.5) is 23.8 Å². The van der Waals surface area contributed by atoms with E-state index in [0.29, 0.717) is 29.9 Å². The maximum atomic E-state index is 16.4. The first-order valence-corrected chi connectivity index (χ1v) is 25.4. The van der Waals surface area contributed by atoms with Crippen LogP contribution in [-0.2, 0) is 22.2 Å². The standard InChI is InChI=1S/C53H59ClF3N9O6/c1-30-43-41(27-39(56)46(54)45(43)44-38(48(58)68)28-59-50(47(44)57)71-25-19-55)72-53(30,34-6-4-3-5-7-34)29-60-35-11-8-32(9-12-35)51(69)65-22-16-36(17-23-65)64-20-14-31(15-21-64)33-10-13-37-40(26-33)63(2)62-49(37)66-24-18-42(67)61-52(66)70/h3-7,10,13,26-28,30-32,35-36,60H,8-9,11-12,14-25,29H2,1-2H3,(H2,58,68)(H,61,67,70). The van der Waals surface area contributed by atoms with Gasteiger partial charge in [0.1, 0.15) is 24.8 Å². The molecule has 0 spiro atoms. The van der Waals surface area contributed by atoms with Gasteiger partial charge in [0.25, 0.3) is 11.8 Å². The fourth-order valence-corrected chi connectivity index (χ4v) is 12.2. The molecule has 10 rings (SSSR count). The van der Waals surface area contributed by atoms with E-state index in [0.717, 1.165) is 100 Å². The Balaban J connectivity index is 0.749. The number of nitrogens with zero attached hydrogens (tertiary/aromatic N) is 6. The maximum absolute atomic E-state index is 16.4. The molecule has 19 heteroatoms. The van der Waals surface area contributed by atoms with Gasteiger partial charge in [-0.3, -0.25) is 29.3 Å². The molecule has 0 radical (unpaired) electrons. The summed E-state index contributed by atoms with van der Waals surface area (Å²) in [6.45, 7) is 4.49. The molecule has 5 aromatic rings. The fourth-order valence-electron chi connectivity index (χ4n) is 12.0. The number of halogens is 4. The number of aromatic nitrogens is 3. The lowest BCUT2D eigenvalue weighted by Crippen LogP contribution is -2.51. The van der Waals surface area contributed by atoms with Crippen molar-refractivity contribution >= 4 is 52.1 Å². The Labute approximate surface area is 420 Å². The number of carbonyl (C=O) groups excluding carboxylic acids is 4. The van der Waals surface area contributed by atoms with E-state index in [4.69, 9.17) is 26.8 Å². The van der Waals surface area contributed by atoms with Crippen LogP contribution in [0.5, 0.6) is 11.6 Å². The number of anilines is 1. The number of benzene rings is 3. The second-order valence-electron chi connectivity index (χ2n) is 19.9. The van der Waals surface area contributed by atoms with Crippen molar-refractivity contribution in [3.05, 3.63) is 99.7 Å². The van der Waals surface area contributed by atoms with Crippen LogP contribution < -0.4 is 30.7 Å². The topological polar surface area (TPSA) is 177 Å². The predicted molar refractivity (Wildman–Crippen MR) is 265 cm³/mol. The Morgan fingerprint density at radius 2 is 1.69 bits per heavy atom. The molecule has 1 saturated carbocycles. The van der Waals surface area contributed by atoms with Crippen molar-refractivity contribution < 1.29 is 41.8 Å². The first kappa shape index (κ1) is 49.3. The summed E-state index contributed by atoms with van der Waals surface area (Å²) < 4.78 is 59.1. The van der Waals surface area contributed by atoms with E-state index < -0.39 is 64.8 Å². The number of urea groups is 1. The molecule has 3 saturated heterocycles. The number of likely N-dealkylation sites (tertiary alicyclic amines) is 2. The van der Waals surface area contributed by atoms with Gasteiger partial charge in [-0.25, -0.2) is 22.9 Å². The highest BCUT2D eigenvalue weighted by molar-refractivity contribution is 6.34. The van der Waals surface area contributed by atoms with Crippen molar-refractivity contribution in [2.75, 3.05) is 57.4 Å². The third kappa shape index (κ3) is 9.14. The molecule has 4 fully saturated rings. The summed E-state index contributed by atoms with van der Waals surface area (Å²) in [6.07, 6.45) is 8.19. The van der Waals surface area contributed by atoms with Gasteiger partial charge in [-0.2, -0.15) is 5.10 Å². The lowest BCUT2D eigenvalue weighted by atomic mass is 9.77. The number of rotatable bonds is 13. The smallest absolute Gasteiger partial charge is 0.329 e. The Morgan fingerprint density at radius 1 is 0.958 bits per heavy atom. The average molecular weight is 1010 g/mol. The first-order valence-electron chi connectivity index (χ1n) is 25.0. The van der Waals surface area contributed by atoms with E-state index >= 15 is 8.78 Å². The zero-order chi connectivity index (χ0) is 50.4. The molecule has 2 atom stereocenters. The molecule has 1 aliphatic carbocycles. The molecule has 4 N–H and O–H groups in total. The lowest BCUT2D eigenvalue weighted by molar-refractivity contribution is -0.138. The first-order chi connectivity index (χ1) is 34.8. The average Bonchev–Trinajstić information content (AvgIpc) is 3.87. The molecule has 15 nitrogen and oxygen atoms in total. The third-order valence-corrected chi connectivity index (χ3v) is 16.3. The summed E-state index contributed by atoms with van der Waals surface area (Å²) in [7, 11) is 1.88. The second-order valence-corrected chi connectivity index (χ2v) is 20.3. The minimum absolute atomic E-state index is 0.0521. The SMILES string of the molecule is CC1c2c(cc(F)c(Cl)c2-c2c(C(N)=O)cnc(OCCF)c2F)OC1(CNC1CCC(C(=O)N2CCC(N3CCC(c4ccc5c(N6CCC(=O)NC6=O)nn(C)c5c4)CC3)CC2)CC1)c1ccccc1. The number of primary amides is 1. The van der Waals surface area contributed by atoms with Crippen molar-refractivity contribution in [1.29, 1.82) is 0 Å². The molecule has 6 heterocycles. The molecule has 380 valence electrons. The Kier molecular flexibility index (Phi) is 13.9. The molecular formula is C53H59ClF3N9O6. The van der Waals surface area contributed by atoms with Gasteiger partial charge >= 0.3 is 6.03 Å². The normalized spacial score (nSPS) is 23.3. The number of fused-ring (bicyclic) bond motifs is 2. The van der Waals surface area contributed by atoms with Gasteiger partial charge < -0.3 is 30.3 Å². The molecule has 3 aromatic carbocycles. The van der Waals surface area contributed by atoms with Crippen molar-refractivity contribution in [3.8, 4) is 22.8 Å². The molecule has 2 unspecified atom stereocenters. The number of aryl methyl sites for hydroxylation is 1. The Hall–Kier alpha value is -6.24. The Morgan fingerprint density at radius 3 is 2.39 bits per heavy atom. The molecular weight excluding hydrogens is 951 g/mol. The van der Waals surface area contributed by atoms with E-state index in [-0.39, 0.29) is 53.6 Å². The largest absolute Gasteiger partial charge is 0.480 e. The number of alkyl halides is 1. The van der Waals surface area contributed by atoms with Gasteiger partial charge in [-0.1, -0.05) is 54.9 Å². The maximum Gasteiger partial charge on any atom is 0.329 e. The van der Waals surface area contributed by atoms with Crippen LogP contribution in [0.2, 0.25) is 5.02 Å². The lowest BCUT2D eigenvalue weighted by Gasteiger charge is -2.43. The van der Waals surface area contributed by atoms with Gasteiger partial charge in [0.2, 0.25) is 11.8 Å². The van der Waals surface area contributed by atoms with Crippen LogP contribution in [0, 0.1) is 17.6 Å². The molecule has 4 aliphatic heterocycles. The summed E-state index contributed by atoms with van der Waals surface area (Å²) >= 11 is 6.69. The van der Waals surface area contributed by atoms with Crippen LogP contribution in [0.15, 0.2) is 60.8 Å². The van der Waals surface area contributed by atoms with Crippen molar-refractivity contribution in [2.24, 2.45) is 18.7 Å². The van der Waals surface area contributed by atoms with Gasteiger partial charge in [0, 0.05) is 97.9 Å². The summed E-state index contributed by atoms with van der Waals surface area (Å²) in [5, 5.41) is 11.2. The summed E-state index contributed by atoms with van der Waals surface area (Å²) in [5.41, 5.74) is 7.04. The number of imide groups is 1. The minimum atomic E-state index is -1.14. The zero-order valence-electron chi connectivity index (χ0n) is 40.4. The van der Waals surface area contributed by atoms with Crippen molar-refractivity contribution in [2.45, 2.75) is 94.2 Å². The van der Waals surface area contributed by atoms with Crippen LogP contribution >= 0.6 is 11.6 Å². The highest BCUT2D eigenvalue weighted by atomic mass is 35.5. The molecule has 72 heavy (non-hydrogen) atoms. The highest BCUT2D eigenvalue weighted by Crippen LogP contribution is 2.56. The van der Waals surface area contributed by atoms with E-state index in [1.54, 1.807) is 0 Å².